The highest BCUT2D eigenvalue weighted by Crippen LogP contribution is 2.33. The summed E-state index contributed by atoms with van der Waals surface area (Å²) >= 11 is 0. The van der Waals surface area contributed by atoms with Gasteiger partial charge in [0, 0.05) is 2.85 Å². The van der Waals surface area contributed by atoms with E-state index in [0.717, 1.165) is 0 Å². The normalized spacial score (nSPS) is 32.0. The molecule has 0 aliphatic carbocycles. The fourth-order valence-electron chi connectivity index (χ4n) is 1.69. The molecule has 0 aromatic heterocycles. The monoisotopic (exact) mass is 252 g/mol. The molecule has 98 valence electrons. The molecule has 0 aromatic rings. The molecule has 0 spiro atoms. The van der Waals surface area contributed by atoms with Crippen molar-refractivity contribution < 1.29 is 47.2 Å². The topological polar surface area (TPSA) is 158 Å². The molecule has 0 saturated carbocycles. The van der Waals surface area contributed by atoms with Gasteiger partial charge < -0.3 is 25.2 Å². The lowest BCUT2D eigenvalue weighted by atomic mass is 9.87. The molecular weight excluding hydrogens is 240 g/mol. The Bertz CT molecular complexity index is 360. The van der Waals surface area contributed by atoms with Crippen LogP contribution in [0.2, 0.25) is 0 Å². The summed E-state index contributed by atoms with van der Waals surface area (Å²) in [6.07, 6.45) is -3.98. The van der Waals surface area contributed by atoms with E-state index in [9.17, 15) is 19.2 Å². The molecule has 17 heavy (non-hydrogen) atoms. The van der Waals surface area contributed by atoms with Crippen molar-refractivity contribution in [3.8, 4) is 0 Å². The fraction of sp³-hybridized carbons (Fsp3) is 0.500. The molecule has 4 N–H and O–H groups in total. The van der Waals surface area contributed by atoms with E-state index >= 15 is 0 Å². The number of carbonyl (C=O) groups is 4. The molecule has 1 rings (SSSR count). The SMILES string of the molecule is O=C(O)C1OC(C(=O)O)C(C(=O)O)C1C(=O)O.[HH].[HH]. The summed E-state index contributed by atoms with van der Waals surface area (Å²) in [6, 6.07) is 0. The van der Waals surface area contributed by atoms with E-state index in [4.69, 9.17) is 20.4 Å². The maximum atomic E-state index is 10.8. The van der Waals surface area contributed by atoms with Gasteiger partial charge in [0.2, 0.25) is 0 Å². The second-order valence-corrected chi connectivity index (χ2v) is 3.38. The van der Waals surface area contributed by atoms with Gasteiger partial charge in [-0.1, -0.05) is 0 Å². The molecule has 1 aliphatic heterocycles. The Morgan fingerprint density at radius 3 is 1.18 bits per heavy atom. The van der Waals surface area contributed by atoms with Gasteiger partial charge in [0.25, 0.3) is 0 Å². The predicted molar refractivity (Wildman–Crippen MR) is 50.4 cm³/mol. The Morgan fingerprint density at radius 1 is 0.706 bits per heavy atom. The molecule has 1 saturated heterocycles. The van der Waals surface area contributed by atoms with Crippen molar-refractivity contribution in [1.82, 2.24) is 0 Å². The first-order chi connectivity index (χ1) is 7.77. The lowest BCUT2D eigenvalue weighted by Crippen LogP contribution is -2.39. The highest BCUT2D eigenvalue weighted by atomic mass is 16.6. The van der Waals surface area contributed by atoms with E-state index in [1.807, 2.05) is 0 Å². The van der Waals surface area contributed by atoms with E-state index in [1.165, 1.54) is 0 Å². The van der Waals surface area contributed by atoms with Gasteiger partial charge in [0.15, 0.2) is 12.2 Å². The van der Waals surface area contributed by atoms with Crippen molar-refractivity contribution in [3.05, 3.63) is 0 Å². The maximum absolute atomic E-state index is 10.8. The predicted octanol–water partition coefficient (Wildman–Crippen LogP) is -1.18. The Balaban J connectivity index is 0. The van der Waals surface area contributed by atoms with Crippen molar-refractivity contribution in [3.63, 3.8) is 0 Å². The van der Waals surface area contributed by atoms with Crippen LogP contribution in [0.15, 0.2) is 0 Å². The second-order valence-electron chi connectivity index (χ2n) is 3.38. The minimum atomic E-state index is -1.99. The highest BCUT2D eigenvalue weighted by Gasteiger charge is 2.57. The maximum Gasteiger partial charge on any atom is 0.333 e. The molecule has 0 amide bonds. The van der Waals surface area contributed by atoms with E-state index in [2.05, 4.69) is 4.74 Å². The molecule has 1 heterocycles. The summed E-state index contributed by atoms with van der Waals surface area (Å²) in [7, 11) is 0. The minimum Gasteiger partial charge on any atom is -0.481 e. The Morgan fingerprint density at radius 2 is 1.00 bits per heavy atom. The van der Waals surface area contributed by atoms with E-state index in [0.29, 0.717) is 0 Å². The van der Waals surface area contributed by atoms with Gasteiger partial charge in [-0.3, -0.25) is 9.59 Å². The van der Waals surface area contributed by atoms with Crippen molar-refractivity contribution in [2.24, 2.45) is 11.8 Å². The number of aliphatic carboxylic acids is 4. The van der Waals surface area contributed by atoms with Crippen LogP contribution in [0.5, 0.6) is 0 Å². The molecule has 9 heteroatoms. The fourth-order valence-corrected chi connectivity index (χ4v) is 1.69. The van der Waals surface area contributed by atoms with Crippen LogP contribution in [0.1, 0.15) is 2.85 Å². The van der Waals surface area contributed by atoms with Crippen LogP contribution >= 0.6 is 0 Å². The first-order valence-corrected chi connectivity index (χ1v) is 4.34. The average Bonchev–Trinajstić information content (AvgIpc) is 2.56. The molecule has 0 aromatic carbocycles. The van der Waals surface area contributed by atoms with E-state index in [1.54, 1.807) is 0 Å². The van der Waals surface area contributed by atoms with Crippen molar-refractivity contribution in [2.45, 2.75) is 12.2 Å². The number of carboxylic acid groups (broad SMARTS) is 4. The van der Waals surface area contributed by atoms with Crippen molar-refractivity contribution in [2.75, 3.05) is 0 Å². The number of ether oxygens (including phenoxy) is 1. The average molecular weight is 252 g/mol. The van der Waals surface area contributed by atoms with Gasteiger partial charge in [-0.25, -0.2) is 9.59 Å². The Hall–Kier alpha value is -2.16. The summed E-state index contributed by atoms with van der Waals surface area (Å²) in [5, 5.41) is 34.8. The molecule has 0 bridgehead atoms. The van der Waals surface area contributed by atoms with Crippen LogP contribution in [0.3, 0.4) is 0 Å². The minimum absolute atomic E-state index is 0. The zero-order valence-corrected chi connectivity index (χ0v) is 8.14. The summed E-state index contributed by atoms with van der Waals surface area (Å²) in [5.74, 6) is -10.8. The van der Waals surface area contributed by atoms with Gasteiger partial charge in [-0.05, 0) is 0 Å². The number of rotatable bonds is 4. The van der Waals surface area contributed by atoms with Crippen LogP contribution in [0.25, 0.3) is 0 Å². The molecule has 4 unspecified atom stereocenters. The first kappa shape index (κ1) is 12.9. The van der Waals surface area contributed by atoms with E-state index in [-0.39, 0.29) is 2.85 Å². The second kappa shape index (κ2) is 4.37. The number of hydrogen-bond donors (Lipinski definition) is 4. The van der Waals surface area contributed by atoms with Gasteiger partial charge in [0.05, 0.1) is 0 Å². The van der Waals surface area contributed by atoms with Crippen LogP contribution in [0, 0.1) is 11.8 Å². The molecule has 4 atom stereocenters. The van der Waals surface area contributed by atoms with Gasteiger partial charge >= 0.3 is 23.9 Å². The smallest absolute Gasteiger partial charge is 0.333 e. The zero-order valence-electron chi connectivity index (χ0n) is 8.14. The third-order valence-electron chi connectivity index (χ3n) is 2.39. The molecule has 9 nitrogen and oxygen atoms in total. The lowest BCUT2D eigenvalue weighted by Gasteiger charge is -2.13. The molecular formula is C8H12O9. The lowest BCUT2D eigenvalue weighted by molar-refractivity contribution is -0.163. The molecule has 1 aliphatic rings. The summed E-state index contributed by atoms with van der Waals surface area (Å²) < 4.78 is 4.47. The quantitative estimate of drug-likeness (QED) is 0.482. The Labute approximate surface area is 96.2 Å². The summed E-state index contributed by atoms with van der Waals surface area (Å²) in [4.78, 5) is 43.0. The van der Waals surface area contributed by atoms with Gasteiger partial charge in [-0.2, -0.15) is 0 Å². The van der Waals surface area contributed by atoms with Crippen LogP contribution < -0.4 is 0 Å². The Kier molecular flexibility index (Phi) is 3.32. The van der Waals surface area contributed by atoms with Gasteiger partial charge in [0.1, 0.15) is 11.8 Å². The third-order valence-corrected chi connectivity index (χ3v) is 2.39. The van der Waals surface area contributed by atoms with Crippen LogP contribution in [-0.4, -0.2) is 56.5 Å². The highest BCUT2D eigenvalue weighted by molar-refractivity contribution is 5.92. The van der Waals surface area contributed by atoms with Gasteiger partial charge in [-0.15, -0.1) is 0 Å². The first-order valence-electron chi connectivity index (χ1n) is 4.34. The van der Waals surface area contributed by atoms with E-state index < -0.39 is 47.9 Å². The summed E-state index contributed by atoms with van der Waals surface area (Å²) in [5.41, 5.74) is 0. The van der Waals surface area contributed by atoms with Crippen molar-refractivity contribution >= 4 is 23.9 Å². The van der Waals surface area contributed by atoms with Crippen molar-refractivity contribution in [1.29, 1.82) is 0 Å². The largest absolute Gasteiger partial charge is 0.481 e. The third kappa shape index (κ3) is 2.18. The zero-order chi connectivity index (χ0) is 13.3. The van der Waals surface area contributed by atoms with Crippen LogP contribution in [-0.2, 0) is 23.9 Å². The standard InChI is InChI=1S/C8H8O9.2H2/c9-5(10)1-2(6(11)12)4(8(15)16)17-3(1)7(13)14;;/h1-4H,(H,9,10)(H,11,12)(H,13,14)(H,15,16);2*1H. The van der Waals surface area contributed by atoms with Crippen LogP contribution in [0.4, 0.5) is 0 Å². The molecule has 1 fully saturated rings. The number of hydrogen-bond acceptors (Lipinski definition) is 5. The molecule has 0 radical (unpaired) electrons. The summed E-state index contributed by atoms with van der Waals surface area (Å²) in [6.45, 7) is 0. The number of carboxylic acids is 4.